The van der Waals surface area contributed by atoms with Crippen LogP contribution in [0.3, 0.4) is 0 Å². The van der Waals surface area contributed by atoms with Gasteiger partial charge in [0.2, 0.25) is 0 Å². The van der Waals surface area contributed by atoms with Crippen molar-refractivity contribution >= 4 is 12.0 Å². The van der Waals surface area contributed by atoms with Crippen LogP contribution < -0.4 is 10.6 Å². The fraction of sp³-hybridized carbons (Fsp3) is 0.875. The van der Waals surface area contributed by atoms with Gasteiger partial charge in [0.1, 0.15) is 0 Å². The smallest absolute Gasteiger partial charge is 0.315 e. The number of carbonyl (C=O) groups is 2. The molecule has 0 radical (unpaired) electrons. The van der Waals surface area contributed by atoms with E-state index < -0.39 is 5.97 Å². The number of carbonyl (C=O) groups excluding carboxylic acids is 1. The van der Waals surface area contributed by atoms with E-state index in [1.165, 1.54) is 25.7 Å². The monoisotopic (exact) mass is 294 g/mol. The van der Waals surface area contributed by atoms with Gasteiger partial charge < -0.3 is 15.7 Å². The van der Waals surface area contributed by atoms with Crippen LogP contribution in [0.4, 0.5) is 4.79 Å². The van der Waals surface area contributed by atoms with Crippen LogP contribution in [0.2, 0.25) is 0 Å². The molecule has 118 valence electrons. The Kier molecular flexibility index (Phi) is 4.09. The number of urea groups is 1. The Bertz CT molecular complexity index is 402. The molecule has 0 saturated heterocycles. The molecule has 3 N–H and O–H groups in total. The SMILES string of the molecule is O=C(NC1CCC(C(=O)O)CC1)NC1CCC2(CC1)CC2. The van der Waals surface area contributed by atoms with E-state index >= 15 is 0 Å². The minimum Gasteiger partial charge on any atom is -0.481 e. The molecule has 0 atom stereocenters. The number of nitrogens with one attached hydrogen (secondary N) is 2. The van der Waals surface area contributed by atoms with E-state index in [4.69, 9.17) is 5.11 Å². The van der Waals surface area contributed by atoms with E-state index in [1.54, 1.807) is 0 Å². The summed E-state index contributed by atoms with van der Waals surface area (Å²) in [6.45, 7) is 0. The summed E-state index contributed by atoms with van der Waals surface area (Å²) in [4.78, 5) is 22.9. The van der Waals surface area contributed by atoms with Crippen LogP contribution >= 0.6 is 0 Å². The highest BCUT2D eigenvalue weighted by atomic mass is 16.4. The molecule has 0 bridgehead atoms. The van der Waals surface area contributed by atoms with Crippen LogP contribution in [-0.4, -0.2) is 29.2 Å². The number of aliphatic carboxylic acids is 1. The molecule has 3 aliphatic carbocycles. The minimum absolute atomic E-state index is 0.0643. The summed E-state index contributed by atoms with van der Waals surface area (Å²) in [5.74, 6) is -0.923. The summed E-state index contributed by atoms with van der Waals surface area (Å²) in [5.41, 5.74) is 0.657. The van der Waals surface area contributed by atoms with E-state index in [0.717, 1.165) is 25.7 Å². The third-order valence-electron chi connectivity index (χ3n) is 5.75. The quantitative estimate of drug-likeness (QED) is 0.748. The number of carboxylic acids is 1. The lowest BCUT2D eigenvalue weighted by Gasteiger charge is -2.31. The molecule has 3 aliphatic rings. The molecule has 5 heteroatoms. The van der Waals surface area contributed by atoms with E-state index in [2.05, 4.69) is 10.6 Å². The zero-order valence-corrected chi connectivity index (χ0v) is 12.6. The van der Waals surface area contributed by atoms with Gasteiger partial charge in [0, 0.05) is 12.1 Å². The molecule has 5 nitrogen and oxygen atoms in total. The van der Waals surface area contributed by atoms with Gasteiger partial charge >= 0.3 is 12.0 Å². The first-order valence-corrected chi connectivity index (χ1v) is 8.36. The lowest BCUT2D eigenvalue weighted by atomic mass is 9.83. The summed E-state index contributed by atoms with van der Waals surface area (Å²) < 4.78 is 0. The first kappa shape index (κ1) is 14.7. The van der Waals surface area contributed by atoms with Gasteiger partial charge in [-0.25, -0.2) is 4.79 Å². The van der Waals surface area contributed by atoms with E-state index in [0.29, 0.717) is 24.3 Å². The average molecular weight is 294 g/mol. The molecule has 0 unspecified atom stereocenters. The first-order chi connectivity index (χ1) is 10.1. The molecule has 0 aromatic heterocycles. The molecular weight excluding hydrogens is 268 g/mol. The minimum atomic E-state index is -0.700. The van der Waals surface area contributed by atoms with Crippen LogP contribution in [0.15, 0.2) is 0 Å². The molecule has 2 amide bonds. The number of amides is 2. The first-order valence-electron chi connectivity index (χ1n) is 8.36. The molecular formula is C16H26N2O3. The lowest BCUT2D eigenvalue weighted by molar-refractivity contribution is -0.142. The Balaban J connectivity index is 1.36. The van der Waals surface area contributed by atoms with Gasteiger partial charge in [0.25, 0.3) is 0 Å². The highest BCUT2D eigenvalue weighted by Gasteiger charge is 2.44. The van der Waals surface area contributed by atoms with Crippen LogP contribution in [0.25, 0.3) is 0 Å². The van der Waals surface area contributed by atoms with Gasteiger partial charge in [-0.3, -0.25) is 4.79 Å². The molecule has 1 spiro atoms. The topological polar surface area (TPSA) is 78.4 Å². The predicted molar refractivity (Wildman–Crippen MR) is 79.0 cm³/mol. The third kappa shape index (κ3) is 3.69. The number of carboxylic acid groups (broad SMARTS) is 1. The second kappa shape index (κ2) is 5.85. The van der Waals surface area contributed by atoms with Gasteiger partial charge in [-0.15, -0.1) is 0 Å². The molecule has 3 fully saturated rings. The van der Waals surface area contributed by atoms with Crippen molar-refractivity contribution in [3.8, 4) is 0 Å². The summed E-state index contributed by atoms with van der Waals surface area (Å²) in [6, 6.07) is 0.399. The average Bonchev–Trinajstić information content (AvgIpc) is 3.22. The maximum atomic E-state index is 12.0. The molecule has 21 heavy (non-hydrogen) atoms. The van der Waals surface area contributed by atoms with E-state index in [1.807, 2.05) is 0 Å². The number of hydrogen-bond donors (Lipinski definition) is 3. The van der Waals surface area contributed by atoms with Crippen molar-refractivity contribution in [3.05, 3.63) is 0 Å². The Hall–Kier alpha value is -1.26. The summed E-state index contributed by atoms with van der Waals surface area (Å²) >= 11 is 0. The second-order valence-corrected chi connectivity index (χ2v) is 7.28. The Morgan fingerprint density at radius 2 is 1.33 bits per heavy atom. The zero-order chi connectivity index (χ0) is 14.9. The van der Waals surface area contributed by atoms with Gasteiger partial charge in [0.15, 0.2) is 0 Å². The largest absolute Gasteiger partial charge is 0.481 e. The van der Waals surface area contributed by atoms with Gasteiger partial charge in [-0.05, 0) is 69.6 Å². The fourth-order valence-electron chi connectivity index (χ4n) is 3.95. The normalized spacial score (nSPS) is 31.6. The van der Waals surface area contributed by atoms with Crippen molar-refractivity contribution in [1.82, 2.24) is 10.6 Å². The van der Waals surface area contributed by atoms with Crippen LogP contribution in [0, 0.1) is 11.3 Å². The Labute approximate surface area is 125 Å². The van der Waals surface area contributed by atoms with E-state index in [9.17, 15) is 9.59 Å². The molecule has 0 aromatic rings. The highest BCUT2D eigenvalue weighted by molar-refractivity contribution is 5.74. The summed E-state index contributed by atoms with van der Waals surface area (Å²) in [7, 11) is 0. The fourth-order valence-corrected chi connectivity index (χ4v) is 3.95. The standard InChI is InChI=1S/C16H26N2O3/c19-14(20)11-1-3-12(4-2-11)17-15(21)18-13-5-7-16(8-6-13)9-10-16/h11-13H,1-10H2,(H,19,20)(H2,17,18,21). The maximum absolute atomic E-state index is 12.0. The van der Waals surface area contributed by atoms with Crippen molar-refractivity contribution < 1.29 is 14.7 Å². The van der Waals surface area contributed by atoms with Gasteiger partial charge in [0.05, 0.1) is 5.92 Å². The zero-order valence-electron chi connectivity index (χ0n) is 12.6. The Morgan fingerprint density at radius 3 is 1.81 bits per heavy atom. The number of rotatable bonds is 3. The summed E-state index contributed by atoms with van der Waals surface area (Å²) in [5, 5.41) is 15.1. The highest BCUT2D eigenvalue weighted by Crippen LogP contribution is 2.56. The predicted octanol–water partition coefficient (Wildman–Crippen LogP) is 2.65. The second-order valence-electron chi connectivity index (χ2n) is 7.28. The molecule has 3 saturated carbocycles. The molecule has 0 aromatic carbocycles. The van der Waals surface area contributed by atoms with Crippen LogP contribution in [0.5, 0.6) is 0 Å². The third-order valence-corrected chi connectivity index (χ3v) is 5.75. The molecule has 0 aliphatic heterocycles. The van der Waals surface area contributed by atoms with Crippen molar-refractivity contribution in [2.75, 3.05) is 0 Å². The maximum Gasteiger partial charge on any atom is 0.315 e. The van der Waals surface area contributed by atoms with E-state index in [-0.39, 0.29) is 18.0 Å². The lowest BCUT2D eigenvalue weighted by Crippen LogP contribution is -2.48. The van der Waals surface area contributed by atoms with Crippen molar-refractivity contribution in [2.45, 2.75) is 76.3 Å². The van der Waals surface area contributed by atoms with Crippen molar-refractivity contribution in [1.29, 1.82) is 0 Å². The summed E-state index contributed by atoms with van der Waals surface area (Å²) in [6.07, 6.45) is 10.4. The Morgan fingerprint density at radius 1 is 0.810 bits per heavy atom. The number of hydrogen-bond acceptors (Lipinski definition) is 2. The van der Waals surface area contributed by atoms with Gasteiger partial charge in [-0.2, -0.15) is 0 Å². The van der Waals surface area contributed by atoms with Crippen molar-refractivity contribution in [3.63, 3.8) is 0 Å². The van der Waals surface area contributed by atoms with Crippen molar-refractivity contribution in [2.24, 2.45) is 11.3 Å². The van der Waals surface area contributed by atoms with Crippen LogP contribution in [0.1, 0.15) is 64.2 Å². The molecule has 0 heterocycles. The molecule has 3 rings (SSSR count). The van der Waals surface area contributed by atoms with Crippen LogP contribution in [-0.2, 0) is 4.79 Å². The van der Waals surface area contributed by atoms with Gasteiger partial charge in [-0.1, -0.05) is 0 Å².